The monoisotopic (exact) mass is 461 g/mol. The molecule has 1 unspecified atom stereocenters. The van der Waals surface area contributed by atoms with E-state index >= 15 is 0 Å². The molecule has 1 N–H and O–H groups in total. The van der Waals surface area contributed by atoms with Gasteiger partial charge in [-0.25, -0.2) is 9.59 Å². The zero-order valence-electron chi connectivity index (χ0n) is 18.7. The largest absolute Gasteiger partial charge is 0.468 e. The third kappa shape index (κ3) is 5.03. The van der Waals surface area contributed by atoms with Crippen LogP contribution in [0.25, 0.3) is 0 Å². The Morgan fingerprint density at radius 1 is 1.03 bits per heavy atom. The number of aromatic amines is 1. The summed E-state index contributed by atoms with van der Waals surface area (Å²) < 4.78 is 9.85. The molecule has 2 heterocycles. The van der Waals surface area contributed by atoms with E-state index in [2.05, 4.69) is 9.88 Å². The van der Waals surface area contributed by atoms with E-state index in [1.54, 1.807) is 26.0 Å². The van der Waals surface area contributed by atoms with Crippen molar-refractivity contribution in [2.24, 2.45) is 0 Å². The number of ketones is 1. The van der Waals surface area contributed by atoms with E-state index in [0.717, 1.165) is 5.56 Å². The maximum atomic E-state index is 12.9. The zero-order valence-corrected chi connectivity index (χ0v) is 19.5. The molecule has 0 bridgehead atoms. The minimum atomic E-state index is -0.522. The number of aryl methyl sites for hydroxylation is 1. The highest BCUT2D eigenvalue weighted by Gasteiger charge is 2.32. The highest BCUT2D eigenvalue weighted by molar-refractivity contribution is 6.30. The van der Waals surface area contributed by atoms with Crippen molar-refractivity contribution in [3.63, 3.8) is 0 Å². The molecule has 8 nitrogen and oxygen atoms in total. The van der Waals surface area contributed by atoms with Gasteiger partial charge in [0.05, 0.1) is 32.0 Å². The van der Waals surface area contributed by atoms with Gasteiger partial charge in [0.2, 0.25) is 0 Å². The SMILES string of the molecule is COC(=O)c1c(C)[nH]c(C(=O)CN2CCN(C(C(=O)OC)c3ccc(Cl)cc3)CC2)c1C. The van der Waals surface area contributed by atoms with Crippen LogP contribution in [0.1, 0.15) is 43.7 Å². The number of aromatic nitrogens is 1. The van der Waals surface area contributed by atoms with Crippen LogP contribution in [0, 0.1) is 13.8 Å². The summed E-state index contributed by atoms with van der Waals surface area (Å²) in [6, 6.07) is 6.64. The number of H-pyrrole nitrogens is 1. The first-order chi connectivity index (χ1) is 15.3. The number of rotatable bonds is 7. The lowest BCUT2D eigenvalue weighted by Crippen LogP contribution is -2.50. The number of ether oxygens (including phenoxy) is 2. The summed E-state index contributed by atoms with van der Waals surface area (Å²) in [5.41, 5.74) is 2.87. The fraction of sp³-hybridized carbons (Fsp3) is 0.435. The molecule has 1 aliphatic rings. The van der Waals surface area contributed by atoms with Crippen LogP contribution in [0.15, 0.2) is 24.3 Å². The first-order valence-corrected chi connectivity index (χ1v) is 10.7. The number of methoxy groups -OCH3 is 2. The summed E-state index contributed by atoms with van der Waals surface area (Å²) in [7, 11) is 2.70. The number of benzene rings is 1. The van der Waals surface area contributed by atoms with Gasteiger partial charge in [-0.3, -0.25) is 14.6 Å². The Bertz CT molecular complexity index is 994. The van der Waals surface area contributed by atoms with E-state index in [1.807, 2.05) is 17.0 Å². The molecule has 0 spiro atoms. The molecule has 0 amide bonds. The highest BCUT2D eigenvalue weighted by atomic mass is 35.5. The second kappa shape index (κ2) is 10.3. The molecule has 0 saturated carbocycles. The lowest BCUT2D eigenvalue weighted by atomic mass is 10.0. The average Bonchev–Trinajstić information content (AvgIpc) is 3.09. The number of Topliss-reactive ketones (excluding diaryl/α,β-unsaturated/α-hetero) is 1. The minimum Gasteiger partial charge on any atom is -0.468 e. The molecule has 32 heavy (non-hydrogen) atoms. The zero-order chi connectivity index (χ0) is 23.4. The summed E-state index contributed by atoms with van der Waals surface area (Å²) in [4.78, 5) is 44.5. The van der Waals surface area contributed by atoms with E-state index in [0.29, 0.717) is 53.7 Å². The highest BCUT2D eigenvalue weighted by Crippen LogP contribution is 2.25. The summed E-state index contributed by atoms with van der Waals surface area (Å²) in [6.07, 6.45) is 0. The maximum absolute atomic E-state index is 12.9. The number of nitrogens with zero attached hydrogens (tertiary/aromatic N) is 2. The second-order valence-corrected chi connectivity index (χ2v) is 8.27. The van der Waals surface area contributed by atoms with Gasteiger partial charge < -0.3 is 14.5 Å². The molecule has 1 aliphatic heterocycles. The molecule has 3 rings (SSSR count). The van der Waals surface area contributed by atoms with Gasteiger partial charge in [-0.2, -0.15) is 0 Å². The molecule has 172 valence electrons. The van der Waals surface area contributed by atoms with Crippen LogP contribution in [0.2, 0.25) is 5.02 Å². The normalized spacial score (nSPS) is 15.9. The number of hydrogen-bond donors (Lipinski definition) is 1. The fourth-order valence-corrected chi connectivity index (χ4v) is 4.28. The van der Waals surface area contributed by atoms with Gasteiger partial charge in [-0.1, -0.05) is 23.7 Å². The number of nitrogens with one attached hydrogen (secondary N) is 1. The van der Waals surface area contributed by atoms with Crippen molar-refractivity contribution >= 4 is 29.3 Å². The number of halogens is 1. The van der Waals surface area contributed by atoms with Gasteiger partial charge in [-0.05, 0) is 37.1 Å². The molecule has 1 aromatic carbocycles. The van der Waals surface area contributed by atoms with E-state index in [-0.39, 0.29) is 18.3 Å². The van der Waals surface area contributed by atoms with Crippen LogP contribution in [0.5, 0.6) is 0 Å². The Balaban J connectivity index is 1.66. The molecule has 2 aromatic rings. The molecule has 1 saturated heterocycles. The van der Waals surface area contributed by atoms with Gasteiger partial charge in [0.25, 0.3) is 0 Å². The predicted molar refractivity (Wildman–Crippen MR) is 120 cm³/mol. The number of esters is 2. The van der Waals surface area contributed by atoms with Crippen molar-refractivity contribution < 1.29 is 23.9 Å². The molecule has 0 radical (unpaired) electrons. The average molecular weight is 462 g/mol. The van der Waals surface area contributed by atoms with Crippen LogP contribution in [-0.2, 0) is 14.3 Å². The second-order valence-electron chi connectivity index (χ2n) is 7.83. The summed E-state index contributed by atoms with van der Waals surface area (Å²) in [6.45, 7) is 6.16. The van der Waals surface area contributed by atoms with Crippen LogP contribution in [-0.4, -0.2) is 79.4 Å². The Kier molecular flexibility index (Phi) is 7.71. The number of piperazine rings is 1. The Morgan fingerprint density at radius 2 is 1.66 bits per heavy atom. The van der Waals surface area contributed by atoms with Crippen LogP contribution < -0.4 is 0 Å². The first kappa shape index (κ1) is 24.0. The van der Waals surface area contributed by atoms with Crippen molar-refractivity contribution in [3.05, 3.63) is 57.4 Å². The fourth-order valence-electron chi connectivity index (χ4n) is 4.15. The summed E-state index contributed by atoms with van der Waals surface area (Å²) in [5, 5.41) is 0.603. The van der Waals surface area contributed by atoms with E-state index < -0.39 is 12.0 Å². The van der Waals surface area contributed by atoms with Crippen LogP contribution >= 0.6 is 11.6 Å². The van der Waals surface area contributed by atoms with Gasteiger partial charge in [0.1, 0.15) is 6.04 Å². The molecule has 1 atom stereocenters. The smallest absolute Gasteiger partial charge is 0.339 e. The van der Waals surface area contributed by atoms with Crippen molar-refractivity contribution in [1.82, 2.24) is 14.8 Å². The molecule has 1 aromatic heterocycles. The predicted octanol–water partition coefficient (Wildman–Crippen LogP) is 2.79. The summed E-state index contributed by atoms with van der Waals surface area (Å²) >= 11 is 5.98. The van der Waals surface area contributed by atoms with Crippen molar-refractivity contribution in [3.8, 4) is 0 Å². The van der Waals surface area contributed by atoms with Crippen LogP contribution in [0.3, 0.4) is 0 Å². The molecular weight excluding hydrogens is 434 g/mol. The van der Waals surface area contributed by atoms with Gasteiger partial charge in [-0.15, -0.1) is 0 Å². The van der Waals surface area contributed by atoms with Gasteiger partial charge >= 0.3 is 11.9 Å². The van der Waals surface area contributed by atoms with E-state index in [9.17, 15) is 14.4 Å². The number of carbonyl (C=O) groups excluding carboxylic acids is 3. The minimum absolute atomic E-state index is 0.0866. The third-order valence-electron chi connectivity index (χ3n) is 5.86. The number of carbonyl (C=O) groups is 3. The maximum Gasteiger partial charge on any atom is 0.339 e. The van der Waals surface area contributed by atoms with Crippen molar-refractivity contribution in [1.29, 1.82) is 0 Å². The molecule has 9 heteroatoms. The van der Waals surface area contributed by atoms with E-state index in [4.69, 9.17) is 21.1 Å². The van der Waals surface area contributed by atoms with Gasteiger partial charge in [0, 0.05) is 36.9 Å². The lowest BCUT2D eigenvalue weighted by Gasteiger charge is -2.38. The lowest BCUT2D eigenvalue weighted by molar-refractivity contribution is -0.148. The van der Waals surface area contributed by atoms with Crippen LogP contribution in [0.4, 0.5) is 0 Å². The van der Waals surface area contributed by atoms with Crippen molar-refractivity contribution in [2.75, 3.05) is 46.9 Å². The van der Waals surface area contributed by atoms with E-state index in [1.165, 1.54) is 14.2 Å². The Morgan fingerprint density at radius 3 is 2.22 bits per heavy atom. The summed E-state index contributed by atoms with van der Waals surface area (Å²) in [5.74, 6) is -0.874. The number of hydrogen-bond acceptors (Lipinski definition) is 7. The Hall–Kier alpha value is -2.68. The van der Waals surface area contributed by atoms with Gasteiger partial charge in [0.15, 0.2) is 5.78 Å². The molecular formula is C23H28ClN3O5. The molecule has 1 fully saturated rings. The standard InChI is InChI=1S/C23H28ClN3O5/c1-14-19(22(29)31-3)15(2)25-20(14)18(28)13-26-9-11-27(12-10-26)21(23(30)32-4)16-5-7-17(24)8-6-16/h5-8,21,25H,9-13H2,1-4H3. The first-order valence-electron chi connectivity index (χ1n) is 10.4. The quantitative estimate of drug-likeness (QED) is 0.500. The molecule has 0 aliphatic carbocycles. The third-order valence-corrected chi connectivity index (χ3v) is 6.11. The van der Waals surface area contributed by atoms with Crippen molar-refractivity contribution in [2.45, 2.75) is 19.9 Å². The Labute approximate surface area is 192 Å². The topological polar surface area (TPSA) is 91.9 Å².